The van der Waals surface area contributed by atoms with Crippen molar-refractivity contribution in [3.63, 3.8) is 0 Å². The van der Waals surface area contributed by atoms with Gasteiger partial charge in [-0.2, -0.15) is 0 Å². The zero-order valence-corrected chi connectivity index (χ0v) is 31.5. The highest BCUT2D eigenvalue weighted by Gasteiger charge is 2.41. The van der Waals surface area contributed by atoms with Crippen LogP contribution in [0, 0.1) is 0 Å². The highest BCUT2D eigenvalue weighted by Crippen LogP contribution is 2.39. The van der Waals surface area contributed by atoms with Crippen molar-refractivity contribution in [1.82, 2.24) is 15.0 Å². The molecular weight excluding hydrogens is 699 g/mol. The van der Waals surface area contributed by atoms with E-state index in [4.69, 9.17) is 19.4 Å². The molecule has 0 aliphatic carbocycles. The molecule has 0 radical (unpaired) electrons. The highest BCUT2D eigenvalue weighted by molar-refractivity contribution is 7.19. The van der Waals surface area contributed by atoms with E-state index >= 15 is 0 Å². The van der Waals surface area contributed by atoms with Crippen molar-refractivity contribution in [2.24, 2.45) is 0 Å². The first-order valence-corrected chi connectivity index (χ1v) is 20.9. The average Bonchev–Trinajstić information content (AvgIpc) is 3.67. The zero-order chi connectivity index (χ0) is 37.3. The Labute approximate surface area is 326 Å². The lowest BCUT2D eigenvalue weighted by molar-refractivity contribution is 0.669. The van der Waals surface area contributed by atoms with Gasteiger partial charge in [0.15, 0.2) is 25.5 Å². The predicted molar refractivity (Wildman–Crippen MR) is 232 cm³/mol. The van der Waals surface area contributed by atoms with E-state index in [2.05, 4.69) is 170 Å². The molecule has 4 nitrogen and oxygen atoms in total. The molecule has 0 atom stereocenters. The molecule has 0 spiro atoms. The normalized spacial score (nSPS) is 11.6. The van der Waals surface area contributed by atoms with Gasteiger partial charge in [0.05, 0.1) is 0 Å². The SMILES string of the molecule is c1ccc(-c2cc(-c3nc(-c4ccccc4)nc(-c4cccc([Si](c5ccccc5)(c5ccccc5)c5ccccc5)c4)n3)c3c(c2)oc2ccccc23)cc1. The second-order valence-corrected chi connectivity index (χ2v) is 17.8. The molecular formula is C51H35N3OSi. The van der Waals surface area contributed by atoms with Crippen LogP contribution in [0.4, 0.5) is 0 Å². The third-order valence-corrected chi connectivity index (χ3v) is 15.4. The number of aromatic nitrogens is 3. The molecule has 0 saturated carbocycles. The van der Waals surface area contributed by atoms with Gasteiger partial charge in [0.1, 0.15) is 11.2 Å². The summed E-state index contributed by atoms with van der Waals surface area (Å²) in [6, 6.07) is 74.9. The summed E-state index contributed by atoms with van der Waals surface area (Å²) in [5.74, 6) is 1.81. The van der Waals surface area contributed by atoms with Crippen molar-refractivity contribution < 1.29 is 4.42 Å². The number of benzene rings is 8. The molecule has 8 aromatic carbocycles. The number of para-hydroxylation sites is 1. The van der Waals surface area contributed by atoms with Crippen LogP contribution in [-0.4, -0.2) is 23.0 Å². The first kappa shape index (κ1) is 33.4. The van der Waals surface area contributed by atoms with Crippen molar-refractivity contribution in [1.29, 1.82) is 0 Å². The summed E-state index contributed by atoms with van der Waals surface area (Å²) in [5, 5.41) is 7.17. The van der Waals surface area contributed by atoms with E-state index < -0.39 is 8.07 Å². The van der Waals surface area contributed by atoms with Gasteiger partial charge in [-0.05, 0) is 50.1 Å². The van der Waals surface area contributed by atoms with Gasteiger partial charge in [-0.25, -0.2) is 15.0 Å². The summed E-state index contributed by atoms with van der Waals surface area (Å²) in [5.41, 5.74) is 6.47. The summed E-state index contributed by atoms with van der Waals surface area (Å²) in [4.78, 5) is 15.8. The van der Waals surface area contributed by atoms with Crippen LogP contribution in [-0.2, 0) is 0 Å². The molecule has 0 aliphatic rings. The standard InChI is InChI=1S/C51H35N3OSi/c1-6-19-36(20-7-1)39-34-45(48-44-31-16-17-32-46(44)55-47(48)35-39)51-53-49(37-21-8-2-9-22-37)52-50(54-51)38-23-18-30-43(33-38)56(40-24-10-3-11-25-40,41-26-12-4-13-27-41)42-28-14-5-15-29-42/h1-35H. The van der Waals surface area contributed by atoms with Gasteiger partial charge in [-0.15, -0.1) is 0 Å². The van der Waals surface area contributed by atoms with Gasteiger partial charge >= 0.3 is 0 Å². The van der Waals surface area contributed by atoms with Crippen molar-refractivity contribution in [2.75, 3.05) is 0 Å². The van der Waals surface area contributed by atoms with Crippen LogP contribution >= 0.6 is 0 Å². The summed E-state index contributed by atoms with van der Waals surface area (Å²) in [6.45, 7) is 0. The van der Waals surface area contributed by atoms with Gasteiger partial charge in [-0.3, -0.25) is 0 Å². The van der Waals surface area contributed by atoms with Crippen LogP contribution < -0.4 is 20.7 Å². The van der Waals surface area contributed by atoms with Crippen LogP contribution in [0.2, 0.25) is 0 Å². The fraction of sp³-hybridized carbons (Fsp3) is 0. The average molecular weight is 734 g/mol. The largest absolute Gasteiger partial charge is 0.456 e. The third kappa shape index (κ3) is 5.82. The van der Waals surface area contributed by atoms with Gasteiger partial charge in [0, 0.05) is 27.5 Å². The van der Waals surface area contributed by atoms with Crippen molar-refractivity contribution in [3.05, 3.63) is 212 Å². The molecule has 0 fully saturated rings. The smallest absolute Gasteiger partial charge is 0.179 e. The summed E-state index contributed by atoms with van der Waals surface area (Å²) in [6.07, 6.45) is 0. The van der Waals surface area contributed by atoms with Crippen LogP contribution in [0.5, 0.6) is 0 Å². The lowest BCUT2D eigenvalue weighted by atomic mass is 9.98. The fourth-order valence-corrected chi connectivity index (χ4v) is 12.9. The molecule has 10 rings (SSSR count). The van der Waals surface area contributed by atoms with Gasteiger partial charge < -0.3 is 4.42 Å². The number of hydrogen-bond acceptors (Lipinski definition) is 4. The summed E-state index contributed by atoms with van der Waals surface area (Å²) >= 11 is 0. The molecule has 0 aliphatic heterocycles. The Bertz CT molecular complexity index is 2860. The van der Waals surface area contributed by atoms with E-state index in [1.807, 2.05) is 42.5 Å². The Morgan fingerprint density at radius 2 is 0.786 bits per heavy atom. The quantitative estimate of drug-likeness (QED) is 0.115. The molecule has 56 heavy (non-hydrogen) atoms. The maximum atomic E-state index is 6.52. The van der Waals surface area contributed by atoms with E-state index in [1.165, 1.54) is 20.7 Å². The molecule has 2 heterocycles. The van der Waals surface area contributed by atoms with Gasteiger partial charge in [0.2, 0.25) is 0 Å². The lowest BCUT2D eigenvalue weighted by Crippen LogP contribution is -2.74. The number of nitrogens with zero attached hydrogens (tertiary/aromatic N) is 3. The topological polar surface area (TPSA) is 51.8 Å². The third-order valence-electron chi connectivity index (χ3n) is 10.7. The molecule has 0 N–H and O–H groups in total. The van der Waals surface area contributed by atoms with Crippen molar-refractivity contribution >= 4 is 50.8 Å². The summed E-state index contributed by atoms with van der Waals surface area (Å²) < 4.78 is 6.52. The first-order valence-electron chi connectivity index (χ1n) is 18.9. The first-order chi connectivity index (χ1) is 27.8. The Balaban J connectivity index is 1.24. The summed E-state index contributed by atoms with van der Waals surface area (Å²) in [7, 11) is -2.81. The highest BCUT2D eigenvalue weighted by atomic mass is 28.3. The van der Waals surface area contributed by atoms with Crippen LogP contribution in [0.15, 0.2) is 217 Å². The van der Waals surface area contributed by atoms with Gasteiger partial charge in [0.25, 0.3) is 0 Å². The Hall–Kier alpha value is -7.21. The number of furan rings is 1. The number of rotatable bonds is 8. The minimum absolute atomic E-state index is 0.589. The van der Waals surface area contributed by atoms with Crippen molar-refractivity contribution in [3.8, 4) is 45.3 Å². The number of hydrogen-bond donors (Lipinski definition) is 0. The molecule has 0 saturated heterocycles. The maximum Gasteiger partial charge on any atom is 0.179 e. The maximum absolute atomic E-state index is 6.52. The van der Waals surface area contributed by atoms with E-state index in [9.17, 15) is 0 Å². The van der Waals surface area contributed by atoms with Gasteiger partial charge in [-0.1, -0.05) is 194 Å². The Morgan fingerprint density at radius 3 is 1.39 bits per heavy atom. The van der Waals surface area contributed by atoms with E-state index in [1.54, 1.807) is 0 Å². The second-order valence-electron chi connectivity index (χ2n) is 14.0. The second kappa shape index (κ2) is 14.2. The predicted octanol–water partition coefficient (Wildman–Crippen LogP) is 9.82. The molecule has 10 aromatic rings. The monoisotopic (exact) mass is 733 g/mol. The minimum Gasteiger partial charge on any atom is -0.456 e. The van der Waals surface area contributed by atoms with E-state index in [0.29, 0.717) is 17.5 Å². The molecule has 2 aromatic heterocycles. The minimum atomic E-state index is -2.81. The molecule has 0 bridgehead atoms. The van der Waals surface area contributed by atoms with E-state index in [-0.39, 0.29) is 0 Å². The van der Waals surface area contributed by atoms with Crippen LogP contribution in [0.3, 0.4) is 0 Å². The molecule has 0 unspecified atom stereocenters. The zero-order valence-electron chi connectivity index (χ0n) is 30.5. The lowest BCUT2D eigenvalue weighted by Gasteiger charge is -2.34. The van der Waals surface area contributed by atoms with E-state index in [0.717, 1.165) is 49.8 Å². The molecule has 0 amide bonds. The molecule has 5 heteroatoms. The number of fused-ring (bicyclic) bond motifs is 3. The Morgan fingerprint density at radius 1 is 0.321 bits per heavy atom. The molecule has 264 valence electrons. The Kier molecular flexibility index (Phi) is 8.47. The fourth-order valence-electron chi connectivity index (χ4n) is 8.13. The van der Waals surface area contributed by atoms with Crippen LogP contribution in [0.1, 0.15) is 0 Å². The van der Waals surface area contributed by atoms with Crippen LogP contribution in [0.25, 0.3) is 67.2 Å². The van der Waals surface area contributed by atoms with Crippen molar-refractivity contribution in [2.45, 2.75) is 0 Å².